The maximum Gasteiger partial charge on any atom is 0.299 e. The van der Waals surface area contributed by atoms with Crippen molar-refractivity contribution in [3.8, 4) is 11.5 Å². The van der Waals surface area contributed by atoms with Gasteiger partial charge in [-0.3, -0.25) is 14.5 Å². The molecule has 1 aliphatic carbocycles. The third-order valence-electron chi connectivity index (χ3n) is 3.75. The molecule has 1 aromatic carbocycles. The predicted molar refractivity (Wildman–Crippen MR) is 70.7 cm³/mol. The quantitative estimate of drug-likeness (QED) is 0.726. The SMILES string of the molecule is O=C1C(=O)N(c2ccc3c(c2)OCO3)C2CC=CC=C12. The summed E-state index contributed by atoms with van der Waals surface area (Å²) < 4.78 is 10.6. The zero-order valence-corrected chi connectivity index (χ0v) is 10.5. The number of rotatable bonds is 1. The van der Waals surface area contributed by atoms with Gasteiger partial charge in [-0.15, -0.1) is 0 Å². The number of hydrogen-bond acceptors (Lipinski definition) is 4. The summed E-state index contributed by atoms with van der Waals surface area (Å²) in [6, 6.07) is 5.07. The lowest BCUT2D eigenvalue weighted by Crippen LogP contribution is -2.34. The number of allylic oxidation sites excluding steroid dienone is 2. The van der Waals surface area contributed by atoms with Gasteiger partial charge in [0.2, 0.25) is 12.6 Å². The molecule has 1 fully saturated rings. The summed E-state index contributed by atoms with van der Waals surface area (Å²) >= 11 is 0. The Hall–Kier alpha value is -2.56. The van der Waals surface area contributed by atoms with Crippen LogP contribution in [0.25, 0.3) is 0 Å². The molecule has 0 N–H and O–H groups in total. The number of benzene rings is 1. The molecular weight excluding hydrogens is 258 g/mol. The molecule has 20 heavy (non-hydrogen) atoms. The largest absolute Gasteiger partial charge is 0.454 e. The van der Waals surface area contributed by atoms with Crippen LogP contribution in [-0.4, -0.2) is 24.5 Å². The summed E-state index contributed by atoms with van der Waals surface area (Å²) in [5.41, 5.74) is 1.23. The molecule has 0 spiro atoms. The third kappa shape index (κ3) is 1.43. The molecule has 1 aromatic rings. The Kier molecular flexibility index (Phi) is 2.24. The molecule has 3 aliphatic rings. The molecule has 100 valence electrons. The molecule has 1 atom stereocenters. The van der Waals surface area contributed by atoms with Crippen molar-refractivity contribution in [3.05, 3.63) is 42.0 Å². The summed E-state index contributed by atoms with van der Waals surface area (Å²) in [5, 5.41) is 0. The van der Waals surface area contributed by atoms with Gasteiger partial charge in [0.05, 0.1) is 6.04 Å². The van der Waals surface area contributed by atoms with E-state index in [1.54, 1.807) is 29.2 Å². The number of carbonyl (C=O) groups is 2. The van der Waals surface area contributed by atoms with E-state index in [9.17, 15) is 9.59 Å². The van der Waals surface area contributed by atoms with Crippen LogP contribution in [0.1, 0.15) is 6.42 Å². The molecule has 0 bridgehead atoms. The molecular formula is C15H11NO4. The van der Waals surface area contributed by atoms with Gasteiger partial charge in [-0.25, -0.2) is 0 Å². The number of carbonyl (C=O) groups excluding carboxylic acids is 2. The Bertz CT molecular complexity index is 689. The Labute approximate surface area is 115 Å². The van der Waals surface area contributed by atoms with Gasteiger partial charge >= 0.3 is 0 Å². The first-order chi connectivity index (χ1) is 9.75. The zero-order chi connectivity index (χ0) is 13.7. The van der Waals surface area contributed by atoms with Crippen LogP contribution in [0.15, 0.2) is 42.0 Å². The van der Waals surface area contributed by atoms with E-state index in [0.29, 0.717) is 29.2 Å². The highest BCUT2D eigenvalue weighted by atomic mass is 16.7. The van der Waals surface area contributed by atoms with E-state index in [2.05, 4.69) is 0 Å². The van der Waals surface area contributed by atoms with Gasteiger partial charge in [0.15, 0.2) is 11.5 Å². The Morgan fingerprint density at radius 2 is 2.00 bits per heavy atom. The number of amides is 1. The molecule has 5 nitrogen and oxygen atoms in total. The fourth-order valence-corrected chi connectivity index (χ4v) is 2.80. The van der Waals surface area contributed by atoms with Gasteiger partial charge in [0.25, 0.3) is 5.91 Å². The number of fused-ring (bicyclic) bond motifs is 2. The maximum atomic E-state index is 12.2. The van der Waals surface area contributed by atoms with Crippen LogP contribution in [0.3, 0.4) is 0 Å². The van der Waals surface area contributed by atoms with E-state index in [0.717, 1.165) is 0 Å². The normalized spacial score (nSPS) is 23.1. The first-order valence-corrected chi connectivity index (χ1v) is 6.40. The number of hydrogen-bond donors (Lipinski definition) is 0. The van der Waals surface area contributed by atoms with Crippen molar-refractivity contribution in [1.29, 1.82) is 0 Å². The number of anilines is 1. The minimum Gasteiger partial charge on any atom is -0.454 e. The van der Waals surface area contributed by atoms with Crippen molar-refractivity contribution in [2.45, 2.75) is 12.5 Å². The molecule has 1 saturated heterocycles. The molecule has 1 unspecified atom stereocenters. The molecule has 2 heterocycles. The van der Waals surface area contributed by atoms with Gasteiger partial charge in [-0.05, 0) is 18.6 Å². The summed E-state index contributed by atoms with van der Waals surface area (Å²) in [4.78, 5) is 25.8. The number of nitrogens with zero attached hydrogens (tertiary/aromatic N) is 1. The fourth-order valence-electron chi connectivity index (χ4n) is 2.80. The minimum absolute atomic E-state index is 0.184. The van der Waals surface area contributed by atoms with E-state index in [4.69, 9.17) is 9.47 Å². The van der Waals surface area contributed by atoms with E-state index in [-0.39, 0.29) is 12.8 Å². The lowest BCUT2D eigenvalue weighted by molar-refractivity contribution is -0.132. The van der Waals surface area contributed by atoms with Gasteiger partial charge < -0.3 is 9.47 Å². The topological polar surface area (TPSA) is 55.8 Å². The van der Waals surface area contributed by atoms with Gasteiger partial charge in [-0.1, -0.05) is 18.2 Å². The van der Waals surface area contributed by atoms with Crippen molar-refractivity contribution in [1.82, 2.24) is 0 Å². The van der Waals surface area contributed by atoms with Crippen LogP contribution in [0.2, 0.25) is 0 Å². The number of ether oxygens (including phenoxy) is 2. The predicted octanol–water partition coefficient (Wildman–Crippen LogP) is 1.59. The fraction of sp³-hybridized carbons (Fsp3) is 0.200. The highest BCUT2D eigenvalue weighted by molar-refractivity contribution is 6.50. The van der Waals surface area contributed by atoms with Crippen LogP contribution in [0.4, 0.5) is 5.69 Å². The molecule has 5 heteroatoms. The van der Waals surface area contributed by atoms with Crippen molar-refractivity contribution in [3.63, 3.8) is 0 Å². The lowest BCUT2D eigenvalue weighted by Gasteiger charge is -2.24. The molecule has 4 rings (SSSR count). The Morgan fingerprint density at radius 3 is 2.90 bits per heavy atom. The van der Waals surface area contributed by atoms with Crippen molar-refractivity contribution < 1.29 is 19.1 Å². The van der Waals surface area contributed by atoms with Gasteiger partial charge in [-0.2, -0.15) is 0 Å². The number of ketones is 1. The average molecular weight is 269 g/mol. The zero-order valence-electron chi connectivity index (χ0n) is 10.5. The number of Topliss-reactive ketones (excluding diaryl/α,β-unsaturated/α-hetero) is 1. The Balaban J connectivity index is 1.78. The standard InChI is InChI=1S/C15H11NO4/c17-14-10-3-1-2-4-11(10)16(15(14)18)9-5-6-12-13(7-9)20-8-19-12/h1-3,5-7,11H,4,8H2. The monoisotopic (exact) mass is 269 g/mol. The van der Waals surface area contributed by atoms with E-state index < -0.39 is 11.7 Å². The van der Waals surface area contributed by atoms with E-state index >= 15 is 0 Å². The second-order valence-corrected chi connectivity index (χ2v) is 4.84. The molecule has 2 aliphatic heterocycles. The average Bonchev–Trinajstić information content (AvgIpc) is 3.03. The molecule has 0 aromatic heterocycles. The summed E-state index contributed by atoms with van der Waals surface area (Å²) in [5.74, 6) is 0.360. The van der Waals surface area contributed by atoms with Crippen LogP contribution in [-0.2, 0) is 9.59 Å². The van der Waals surface area contributed by atoms with Crippen LogP contribution in [0, 0.1) is 0 Å². The first kappa shape index (κ1) is 11.3. The Morgan fingerprint density at radius 1 is 1.15 bits per heavy atom. The second-order valence-electron chi connectivity index (χ2n) is 4.84. The minimum atomic E-state index is -0.483. The van der Waals surface area contributed by atoms with Crippen LogP contribution < -0.4 is 14.4 Å². The summed E-state index contributed by atoms with van der Waals surface area (Å²) in [7, 11) is 0. The van der Waals surface area contributed by atoms with Crippen molar-refractivity contribution >= 4 is 17.4 Å². The highest BCUT2D eigenvalue weighted by Gasteiger charge is 2.43. The van der Waals surface area contributed by atoms with Gasteiger partial charge in [0.1, 0.15) is 0 Å². The highest BCUT2D eigenvalue weighted by Crippen LogP contribution is 2.39. The van der Waals surface area contributed by atoms with Gasteiger partial charge in [0, 0.05) is 17.3 Å². The van der Waals surface area contributed by atoms with E-state index in [1.807, 2.05) is 12.2 Å². The van der Waals surface area contributed by atoms with Crippen molar-refractivity contribution in [2.75, 3.05) is 11.7 Å². The maximum absolute atomic E-state index is 12.2. The lowest BCUT2D eigenvalue weighted by atomic mass is 9.99. The molecule has 0 saturated carbocycles. The third-order valence-corrected chi connectivity index (χ3v) is 3.75. The van der Waals surface area contributed by atoms with Crippen LogP contribution in [0.5, 0.6) is 11.5 Å². The second kappa shape index (κ2) is 3.96. The smallest absolute Gasteiger partial charge is 0.299 e. The van der Waals surface area contributed by atoms with E-state index in [1.165, 1.54) is 0 Å². The van der Waals surface area contributed by atoms with Crippen molar-refractivity contribution in [2.24, 2.45) is 0 Å². The molecule has 1 amide bonds. The summed E-state index contributed by atoms with van der Waals surface area (Å²) in [6.45, 7) is 0.184. The van der Waals surface area contributed by atoms with Crippen LogP contribution >= 0.6 is 0 Å². The molecule has 0 radical (unpaired) electrons. The first-order valence-electron chi connectivity index (χ1n) is 6.40. The summed E-state index contributed by atoms with van der Waals surface area (Å²) in [6.07, 6.45) is 6.15.